The van der Waals surface area contributed by atoms with Gasteiger partial charge in [-0.05, 0) is 42.0 Å². The van der Waals surface area contributed by atoms with Crippen molar-refractivity contribution in [3.05, 3.63) is 51.2 Å². The van der Waals surface area contributed by atoms with Crippen LogP contribution in [0, 0.1) is 0 Å². The van der Waals surface area contributed by atoms with Gasteiger partial charge in [0.15, 0.2) is 0 Å². The first kappa shape index (κ1) is 12.8. The molecule has 0 radical (unpaired) electrons. The molecule has 1 heterocycles. The number of hydrogen-bond acceptors (Lipinski definition) is 3. The lowest BCUT2D eigenvalue weighted by molar-refractivity contribution is 0.0702. The predicted octanol–water partition coefficient (Wildman–Crippen LogP) is 4.23. The molecule has 2 aromatic rings. The van der Waals surface area contributed by atoms with Gasteiger partial charge < -0.3 is 5.11 Å². The predicted molar refractivity (Wildman–Crippen MR) is 79.3 cm³/mol. The SMILES string of the molecule is O=C(O)c1cc(SCc2ccc3c(c2)CCC3)cs1. The van der Waals surface area contributed by atoms with Gasteiger partial charge >= 0.3 is 5.97 Å². The van der Waals surface area contributed by atoms with Crippen LogP contribution in [0.5, 0.6) is 0 Å². The zero-order chi connectivity index (χ0) is 13.2. The molecule has 0 saturated carbocycles. The number of thioether (sulfide) groups is 1. The standard InChI is InChI=1S/C15H14O2S2/c16-15(17)14-7-13(9-19-14)18-8-10-4-5-11-2-1-3-12(11)6-10/h4-7,9H,1-3,8H2,(H,16,17). The Balaban J connectivity index is 1.67. The fourth-order valence-corrected chi connectivity index (χ4v) is 4.20. The maximum absolute atomic E-state index is 10.8. The van der Waals surface area contributed by atoms with E-state index in [2.05, 4.69) is 18.2 Å². The van der Waals surface area contributed by atoms with Crippen LogP contribution < -0.4 is 0 Å². The largest absolute Gasteiger partial charge is 0.477 e. The molecule has 98 valence electrons. The van der Waals surface area contributed by atoms with E-state index in [9.17, 15) is 4.79 Å². The molecule has 0 amide bonds. The van der Waals surface area contributed by atoms with Crippen LogP contribution in [0.2, 0.25) is 0 Å². The van der Waals surface area contributed by atoms with Gasteiger partial charge in [0.05, 0.1) is 0 Å². The number of fused-ring (bicyclic) bond motifs is 1. The Kier molecular flexibility index (Phi) is 3.62. The van der Waals surface area contributed by atoms with Crippen LogP contribution in [-0.4, -0.2) is 11.1 Å². The fraction of sp³-hybridized carbons (Fsp3) is 0.267. The van der Waals surface area contributed by atoms with E-state index in [4.69, 9.17) is 5.11 Å². The quantitative estimate of drug-likeness (QED) is 0.856. The highest BCUT2D eigenvalue weighted by atomic mass is 32.2. The Morgan fingerprint density at radius 1 is 1.26 bits per heavy atom. The number of aryl methyl sites for hydroxylation is 2. The zero-order valence-corrected chi connectivity index (χ0v) is 12.0. The maximum Gasteiger partial charge on any atom is 0.345 e. The topological polar surface area (TPSA) is 37.3 Å². The van der Waals surface area contributed by atoms with E-state index in [0.29, 0.717) is 4.88 Å². The molecule has 2 nitrogen and oxygen atoms in total. The van der Waals surface area contributed by atoms with Gasteiger partial charge in [-0.15, -0.1) is 23.1 Å². The first-order valence-electron chi connectivity index (χ1n) is 6.28. The highest BCUT2D eigenvalue weighted by Crippen LogP contribution is 2.29. The summed E-state index contributed by atoms with van der Waals surface area (Å²) in [7, 11) is 0. The summed E-state index contributed by atoms with van der Waals surface area (Å²) < 4.78 is 0. The number of thiophene rings is 1. The Bertz CT molecular complexity index is 616. The summed E-state index contributed by atoms with van der Waals surface area (Å²) in [6.07, 6.45) is 3.70. The number of hydrogen-bond donors (Lipinski definition) is 1. The summed E-state index contributed by atoms with van der Waals surface area (Å²) in [5.41, 5.74) is 4.32. The molecule has 0 aliphatic heterocycles. The van der Waals surface area contributed by atoms with E-state index in [1.165, 1.54) is 47.3 Å². The first-order chi connectivity index (χ1) is 9.22. The van der Waals surface area contributed by atoms with Crippen LogP contribution >= 0.6 is 23.1 Å². The molecular weight excluding hydrogens is 276 g/mol. The first-order valence-corrected chi connectivity index (χ1v) is 8.14. The molecule has 0 atom stereocenters. The van der Waals surface area contributed by atoms with Gasteiger partial charge in [-0.25, -0.2) is 4.79 Å². The maximum atomic E-state index is 10.8. The Morgan fingerprint density at radius 3 is 2.89 bits per heavy atom. The van der Waals surface area contributed by atoms with Gasteiger partial charge in [0.2, 0.25) is 0 Å². The molecule has 19 heavy (non-hydrogen) atoms. The molecule has 0 unspecified atom stereocenters. The van der Waals surface area contributed by atoms with Gasteiger partial charge in [0.25, 0.3) is 0 Å². The van der Waals surface area contributed by atoms with Crippen LogP contribution in [0.4, 0.5) is 0 Å². The number of aromatic carboxylic acids is 1. The number of carboxylic acid groups (broad SMARTS) is 1. The van der Waals surface area contributed by atoms with Crippen molar-refractivity contribution in [1.29, 1.82) is 0 Å². The molecule has 4 heteroatoms. The number of benzene rings is 1. The van der Waals surface area contributed by atoms with Crippen molar-refractivity contribution in [2.45, 2.75) is 29.9 Å². The van der Waals surface area contributed by atoms with Gasteiger partial charge in [-0.1, -0.05) is 18.2 Å². The summed E-state index contributed by atoms with van der Waals surface area (Å²) in [5, 5.41) is 10.8. The second-order valence-corrected chi connectivity index (χ2v) is 6.66. The van der Waals surface area contributed by atoms with Crippen LogP contribution in [-0.2, 0) is 18.6 Å². The van der Waals surface area contributed by atoms with Crippen molar-refractivity contribution < 1.29 is 9.90 Å². The number of carboxylic acids is 1. The van der Waals surface area contributed by atoms with E-state index in [1.54, 1.807) is 17.8 Å². The summed E-state index contributed by atoms with van der Waals surface area (Å²) in [6, 6.07) is 8.50. The third-order valence-electron chi connectivity index (χ3n) is 3.35. The summed E-state index contributed by atoms with van der Waals surface area (Å²) in [5.74, 6) is 0.0673. The third-order valence-corrected chi connectivity index (χ3v) is 5.47. The lowest BCUT2D eigenvalue weighted by Gasteiger charge is -2.04. The molecule has 1 aliphatic rings. The number of rotatable bonds is 4. The van der Waals surface area contributed by atoms with E-state index >= 15 is 0 Å². The summed E-state index contributed by atoms with van der Waals surface area (Å²) in [6.45, 7) is 0. The third kappa shape index (κ3) is 2.85. The highest BCUT2D eigenvalue weighted by Gasteiger charge is 2.11. The molecule has 0 bridgehead atoms. The van der Waals surface area contributed by atoms with Crippen molar-refractivity contribution in [2.24, 2.45) is 0 Å². The van der Waals surface area contributed by atoms with E-state index < -0.39 is 5.97 Å². The number of carbonyl (C=O) groups is 1. The normalized spacial score (nSPS) is 13.5. The minimum absolute atomic E-state index is 0.413. The molecule has 0 spiro atoms. The minimum Gasteiger partial charge on any atom is -0.477 e. The molecule has 1 N–H and O–H groups in total. The van der Waals surface area contributed by atoms with Crippen LogP contribution in [0.3, 0.4) is 0 Å². The van der Waals surface area contributed by atoms with E-state index in [-0.39, 0.29) is 0 Å². The Labute approximate surface area is 120 Å². The highest BCUT2D eigenvalue weighted by molar-refractivity contribution is 7.98. The van der Waals surface area contributed by atoms with Crippen LogP contribution in [0.25, 0.3) is 0 Å². The van der Waals surface area contributed by atoms with Crippen molar-refractivity contribution in [3.8, 4) is 0 Å². The van der Waals surface area contributed by atoms with Crippen LogP contribution in [0.1, 0.15) is 32.8 Å². The zero-order valence-electron chi connectivity index (χ0n) is 10.4. The van der Waals surface area contributed by atoms with Gasteiger partial charge in [0.1, 0.15) is 4.88 Å². The molecule has 3 rings (SSSR count). The van der Waals surface area contributed by atoms with Crippen molar-refractivity contribution in [2.75, 3.05) is 0 Å². The molecule has 0 saturated heterocycles. The van der Waals surface area contributed by atoms with E-state index in [1.807, 2.05) is 5.38 Å². The monoisotopic (exact) mass is 290 g/mol. The molecule has 1 aliphatic carbocycles. The van der Waals surface area contributed by atoms with Gasteiger partial charge in [0, 0.05) is 16.0 Å². The lowest BCUT2D eigenvalue weighted by Crippen LogP contribution is -1.90. The van der Waals surface area contributed by atoms with Gasteiger partial charge in [-0.2, -0.15) is 0 Å². The van der Waals surface area contributed by atoms with Crippen LogP contribution in [0.15, 0.2) is 34.5 Å². The van der Waals surface area contributed by atoms with Crippen molar-refractivity contribution >= 4 is 29.1 Å². The molecule has 0 fully saturated rings. The average molecular weight is 290 g/mol. The molecule has 1 aromatic heterocycles. The average Bonchev–Trinajstić information content (AvgIpc) is 3.04. The molecular formula is C15H14O2S2. The van der Waals surface area contributed by atoms with Crippen molar-refractivity contribution in [3.63, 3.8) is 0 Å². The second-order valence-electron chi connectivity index (χ2n) is 4.70. The Morgan fingerprint density at radius 2 is 2.11 bits per heavy atom. The van der Waals surface area contributed by atoms with Gasteiger partial charge in [-0.3, -0.25) is 0 Å². The lowest BCUT2D eigenvalue weighted by atomic mass is 10.1. The van der Waals surface area contributed by atoms with E-state index in [0.717, 1.165) is 10.6 Å². The summed E-state index contributed by atoms with van der Waals surface area (Å²) in [4.78, 5) is 12.3. The second kappa shape index (κ2) is 5.39. The summed E-state index contributed by atoms with van der Waals surface area (Å²) >= 11 is 3.00. The fourth-order valence-electron chi connectivity index (χ4n) is 2.39. The Hall–Kier alpha value is -1.26. The molecule has 1 aromatic carbocycles. The minimum atomic E-state index is -0.839. The van der Waals surface area contributed by atoms with Crippen molar-refractivity contribution in [1.82, 2.24) is 0 Å². The smallest absolute Gasteiger partial charge is 0.345 e.